The molecular formula is C11H15NS2. The van der Waals surface area contributed by atoms with Crippen LogP contribution in [0.5, 0.6) is 0 Å². The largest absolute Gasteiger partial charge is 0.245 e. The van der Waals surface area contributed by atoms with Crippen LogP contribution in [0.15, 0.2) is 5.38 Å². The van der Waals surface area contributed by atoms with Crippen LogP contribution >= 0.6 is 23.1 Å². The van der Waals surface area contributed by atoms with E-state index in [4.69, 9.17) is 4.98 Å². The highest BCUT2D eigenvalue weighted by Crippen LogP contribution is 2.44. The summed E-state index contributed by atoms with van der Waals surface area (Å²) in [5.74, 6) is 2.16. The molecule has 1 saturated heterocycles. The molecule has 1 atom stereocenters. The maximum Gasteiger partial charge on any atom is 0.106 e. The van der Waals surface area contributed by atoms with Crippen molar-refractivity contribution in [2.45, 2.75) is 43.3 Å². The van der Waals surface area contributed by atoms with E-state index in [0.29, 0.717) is 0 Å². The number of thioether (sulfide) groups is 1. The van der Waals surface area contributed by atoms with E-state index in [9.17, 15) is 0 Å². The average molecular weight is 225 g/mol. The summed E-state index contributed by atoms with van der Waals surface area (Å²) in [6.07, 6.45) is 6.91. The van der Waals surface area contributed by atoms with Crippen molar-refractivity contribution in [1.82, 2.24) is 4.98 Å². The Labute approximate surface area is 93.3 Å². The maximum atomic E-state index is 4.79. The second-order valence-electron chi connectivity index (χ2n) is 4.24. The van der Waals surface area contributed by atoms with Crippen LogP contribution in [0.25, 0.3) is 0 Å². The third-order valence-corrected chi connectivity index (χ3v) is 5.50. The predicted molar refractivity (Wildman–Crippen MR) is 63.1 cm³/mol. The monoisotopic (exact) mass is 225 g/mol. The first-order valence-electron chi connectivity index (χ1n) is 5.50. The Morgan fingerprint density at radius 3 is 2.86 bits per heavy atom. The molecule has 2 fully saturated rings. The van der Waals surface area contributed by atoms with Gasteiger partial charge >= 0.3 is 0 Å². The van der Waals surface area contributed by atoms with Crippen molar-refractivity contribution >= 4 is 23.1 Å². The highest BCUT2D eigenvalue weighted by atomic mass is 32.2. The zero-order chi connectivity index (χ0) is 9.38. The first-order valence-corrected chi connectivity index (χ1v) is 7.43. The van der Waals surface area contributed by atoms with Crippen LogP contribution in [0, 0.1) is 0 Å². The molecule has 1 nitrogen and oxygen atoms in total. The van der Waals surface area contributed by atoms with Gasteiger partial charge in [-0.25, -0.2) is 4.98 Å². The van der Waals surface area contributed by atoms with Crippen molar-refractivity contribution in [3.63, 3.8) is 0 Å². The number of aromatic nitrogens is 1. The molecule has 1 aromatic heterocycles. The molecule has 0 spiro atoms. The molecule has 0 N–H and O–H groups in total. The van der Waals surface area contributed by atoms with E-state index in [0.717, 1.165) is 11.2 Å². The Hall–Kier alpha value is -0.0200. The molecule has 76 valence electrons. The van der Waals surface area contributed by atoms with E-state index in [1.807, 2.05) is 11.3 Å². The van der Waals surface area contributed by atoms with Crippen molar-refractivity contribution in [2.24, 2.45) is 0 Å². The molecule has 1 aliphatic heterocycles. The lowest BCUT2D eigenvalue weighted by Gasteiger charge is -2.18. The standard InChI is InChI=1S/C11H15NS2/c1-2-6-13-10(3-1)11-12-9(7-14-11)8-4-5-8/h7-8,10H,1-6H2. The molecule has 2 aliphatic rings. The molecule has 1 unspecified atom stereocenters. The van der Waals surface area contributed by atoms with Gasteiger partial charge in [-0.15, -0.1) is 11.3 Å². The summed E-state index contributed by atoms with van der Waals surface area (Å²) >= 11 is 4.00. The Morgan fingerprint density at radius 2 is 2.14 bits per heavy atom. The lowest BCUT2D eigenvalue weighted by atomic mass is 10.2. The van der Waals surface area contributed by atoms with Gasteiger partial charge in [0, 0.05) is 11.3 Å². The molecule has 3 heteroatoms. The third-order valence-electron chi connectivity index (χ3n) is 2.99. The van der Waals surface area contributed by atoms with Crippen molar-refractivity contribution in [3.05, 3.63) is 16.1 Å². The van der Waals surface area contributed by atoms with Gasteiger partial charge in [-0.05, 0) is 31.4 Å². The van der Waals surface area contributed by atoms with E-state index in [-0.39, 0.29) is 0 Å². The molecular weight excluding hydrogens is 210 g/mol. The summed E-state index contributed by atoms with van der Waals surface area (Å²) in [5, 5.41) is 4.42. The lowest BCUT2D eigenvalue weighted by Crippen LogP contribution is -2.01. The molecule has 1 aromatic rings. The summed E-state index contributed by atoms with van der Waals surface area (Å²) in [4.78, 5) is 4.79. The number of hydrogen-bond acceptors (Lipinski definition) is 3. The first kappa shape index (κ1) is 9.22. The Bertz CT molecular complexity index is 311. The van der Waals surface area contributed by atoms with Gasteiger partial charge in [0.1, 0.15) is 5.01 Å². The Morgan fingerprint density at radius 1 is 1.21 bits per heavy atom. The normalized spacial score (nSPS) is 27.9. The van der Waals surface area contributed by atoms with E-state index >= 15 is 0 Å². The van der Waals surface area contributed by atoms with Crippen LogP contribution in [-0.4, -0.2) is 10.7 Å². The molecule has 2 heterocycles. The second kappa shape index (κ2) is 3.86. The van der Waals surface area contributed by atoms with Gasteiger partial charge in [0.05, 0.1) is 10.9 Å². The van der Waals surface area contributed by atoms with Crippen LogP contribution in [0.4, 0.5) is 0 Å². The minimum Gasteiger partial charge on any atom is -0.245 e. The average Bonchev–Trinajstić information content (AvgIpc) is 2.98. The van der Waals surface area contributed by atoms with Crippen molar-refractivity contribution < 1.29 is 0 Å². The molecule has 1 saturated carbocycles. The van der Waals surface area contributed by atoms with Gasteiger partial charge in [0.2, 0.25) is 0 Å². The van der Waals surface area contributed by atoms with Crippen LogP contribution in [-0.2, 0) is 0 Å². The van der Waals surface area contributed by atoms with E-state index in [2.05, 4.69) is 17.1 Å². The highest BCUT2D eigenvalue weighted by Gasteiger charge is 2.27. The maximum absolute atomic E-state index is 4.79. The summed E-state index contributed by atoms with van der Waals surface area (Å²) in [7, 11) is 0. The lowest BCUT2D eigenvalue weighted by molar-refractivity contribution is 0.682. The summed E-state index contributed by atoms with van der Waals surface area (Å²) in [6, 6.07) is 0. The first-order chi connectivity index (χ1) is 6.93. The fourth-order valence-corrected chi connectivity index (χ4v) is 4.42. The zero-order valence-electron chi connectivity index (χ0n) is 8.24. The Kier molecular flexibility index (Phi) is 2.54. The minimum absolute atomic E-state index is 0.723. The quantitative estimate of drug-likeness (QED) is 0.755. The third kappa shape index (κ3) is 1.84. The minimum atomic E-state index is 0.723. The van der Waals surface area contributed by atoms with Gasteiger partial charge in [0.15, 0.2) is 0 Å². The van der Waals surface area contributed by atoms with Crippen molar-refractivity contribution in [2.75, 3.05) is 5.75 Å². The summed E-state index contributed by atoms with van der Waals surface area (Å²) in [6.45, 7) is 0. The number of nitrogens with zero attached hydrogens (tertiary/aromatic N) is 1. The van der Waals surface area contributed by atoms with Gasteiger partial charge < -0.3 is 0 Å². The van der Waals surface area contributed by atoms with Crippen LogP contribution in [0.2, 0.25) is 0 Å². The molecule has 0 aromatic carbocycles. The fraction of sp³-hybridized carbons (Fsp3) is 0.727. The number of thiazole rings is 1. The zero-order valence-corrected chi connectivity index (χ0v) is 9.87. The van der Waals surface area contributed by atoms with Gasteiger partial charge in [-0.1, -0.05) is 6.42 Å². The van der Waals surface area contributed by atoms with E-state index in [1.165, 1.54) is 48.6 Å². The molecule has 3 rings (SSSR count). The summed E-state index contributed by atoms with van der Waals surface area (Å²) < 4.78 is 0. The van der Waals surface area contributed by atoms with E-state index in [1.54, 1.807) is 0 Å². The number of rotatable bonds is 2. The molecule has 0 amide bonds. The molecule has 0 radical (unpaired) electrons. The van der Waals surface area contributed by atoms with Crippen LogP contribution < -0.4 is 0 Å². The predicted octanol–water partition coefficient (Wildman–Crippen LogP) is 3.98. The van der Waals surface area contributed by atoms with Crippen LogP contribution in [0.3, 0.4) is 0 Å². The topological polar surface area (TPSA) is 12.9 Å². The number of hydrogen-bond donors (Lipinski definition) is 0. The summed E-state index contributed by atoms with van der Waals surface area (Å²) in [5.41, 5.74) is 1.39. The van der Waals surface area contributed by atoms with Crippen LogP contribution in [0.1, 0.15) is 54.0 Å². The molecule has 14 heavy (non-hydrogen) atoms. The fourth-order valence-electron chi connectivity index (χ4n) is 1.95. The highest BCUT2D eigenvalue weighted by molar-refractivity contribution is 7.99. The van der Waals surface area contributed by atoms with Gasteiger partial charge in [-0.3, -0.25) is 0 Å². The Balaban J connectivity index is 1.74. The van der Waals surface area contributed by atoms with Gasteiger partial charge in [-0.2, -0.15) is 11.8 Å². The molecule has 1 aliphatic carbocycles. The van der Waals surface area contributed by atoms with Crippen molar-refractivity contribution in [1.29, 1.82) is 0 Å². The SMILES string of the molecule is c1sc(C2CCCCS2)nc1C1CC1. The van der Waals surface area contributed by atoms with Gasteiger partial charge in [0.25, 0.3) is 0 Å². The smallest absolute Gasteiger partial charge is 0.106 e. The van der Waals surface area contributed by atoms with E-state index < -0.39 is 0 Å². The second-order valence-corrected chi connectivity index (χ2v) is 6.44. The van der Waals surface area contributed by atoms with Crippen molar-refractivity contribution in [3.8, 4) is 0 Å². The molecule has 0 bridgehead atoms.